The molecule has 0 saturated heterocycles. The molecule has 1 atom stereocenters. The fourth-order valence-electron chi connectivity index (χ4n) is 3.87. The average molecular weight is 418 g/mol. The zero-order chi connectivity index (χ0) is 21.8. The lowest BCUT2D eigenvalue weighted by Gasteiger charge is -2.17. The first-order chi connectivity index (χ1) is 15.1. The third-order valence-electron chi connectivity index (χ3n) is 5.38. The van der Waals surface area contributed by atoms with Gasteiger partial charge in [0.2, 0.25) is 5.88 Å². The zero-order valence-corrected chi connectivity index (χ0v) is 16.9. The van der Waals surface area contributed by atoms with E-state index in [0.717, 1.165) is 22.3 Å². The van der Waals surface area contributed by atoms with Crippen LogP contribution < -0.4 is 10.1 Å². The molecule has 0 radical (unpaired) electrons. The number of carbonyl (C=O) groups is 2. The third kappa shape index (κ3) is 4.35. The Bertz CT molecular complexity index is 1050. The van der Waals surface area contributed by atoms with Crippen LogP contribution in [0.1, 0.15) is 22.6 Å². The van der Waals surface area contributed by atoms with Gasteiger partial charge in [-0.05, 0) is 27.8 Å². The molecule has 4 rings (SSSR count). The molecule has 158 valence electrons. The third-order valence-corrected chi connectivity index (χ3v) is 5.38. The standard InChI is InChI=1S/C24H22N2O5/c1-30-22-11-10-15(13-25-22)12-21(23(27)28)26-24(29)31-14-20-18-8-4-2-6-16(18)17-7-3-5-9-19(17)20/h2-11,13,20-21H,12,14H2,1H3,(H,26,29)(H,27,28)/t21-/m1/s1. The monoisotopic (exact) mass is 418 g/mol. The van der Waals surface area contributed by atoms with Crippen LogP contribution in [0.4, 0.5) is 4.79 Å². The molecular formula is C24H22N2O5. The normalized spacial score (nSPS) is 13.1. The highest BCUT2D eigenvalue weighted by Crippen LogP contribution is 2.44. The number of alkyl carbamates (subject to hydrolysis) is 1. The Balaban J connectivity index is 1.41. The van der Waals surface area contributed by atoms with Crippen LogP contribution in [0.5, 0.6) is 5.88 Å². The minimum Gasteiger partial charge on any atom is -0.481 e. The van der Waals surface area contributed by atoms with Crippen molar-refractivity contribution < 1.29 is 24.2 Å². The van der Waals surface area contributed by atoms with E-state index in [1.54, 1.807) is 12.1 Å². The van der Waals surface area contributed by atoms with E-state index in [9.17, 15) is 14.7 Å². The summed E-state index contributed by atoms with van der Waals surface area (Å²) in [5, 5.41) is 12.0. The number of methoxy groups -OCH3 is 1. The van der Waals surface area contributed by atoms with Gasteiger partial charge in [0.15, 0.2) is 0 Å². The van der Waals surface area contributed by atoms with E-state index >= 15 is 0 Å². The maximum atomic E-state index is 12.4. The Hall–Kier alpha value is -3.87. The smallest absolute Gasteiger partial charge is 0.407 e. The van der Waals surface area contributed by atoms with Gasteiger partial charge in [-0.3, -0.25) is 0 Å². The molecule has 7 nitrogen and oxygen atoms in total. The van der Waals surface area contributed by atoms with Gasteiger partial charge in [-0.1, -0.05) is 54.6 Å². The van der Waals surface area contributed by atoms with E-state index in [4.69, 9.17) is 9.47 Å². The highest BCUT2D eigenvalue weighted by molar-refractivity contribution is 5.81. The Labute approximate surface area is 179 Å². The maximum absolute atomic E-state index is 12.4. The molecule has 2 N–H and O–H groups in total. The highest BCUT2D eigenvalue weighted by Gasteiger charge is 2.29. The molecule has 1 aliphatic rings. The molecule has 1 aliphatic carbocycles. The predicted molar refractivity (Wildman–Crippen MR) is 114 cm³/mol. The number of hydrogen-bond donors (Lipinski definition) is 2. The van der Waals surface area contributed by atoms with E-state index in [1.165, 1.54) is 13.3 Å². The molecule has 0 bridgehead atoms. The molecule has 1 heterocycles. The number of benzene rings is 2. The topological polar surface area (TPSA) is 97.8 Å². The Morgan fingerprint density at radius 3 is 2.23 bits per heavy atom. The SMILES string of the molecule is COc1ccc(C[C@@H](NC(=O)OCC2c3ccccc3-c3ccccc32)C(=O)O)cn1. The molecule has 0 spiro atoms. The second kappa shape index (κ2) is 8.87. The number of fused-ring (bicyclic) bond motifs is 3. The quantitative estimate of drug-likeness (QED) is 0.608. The van der Waals surface area contributed by atoms with Crippen LogP contribution >= 0.6 is 0 Å². The summed E-state index contributed by atoms with van der Waals surface area (Å²) in [6.07, 6.45) is 0.834. The first-order valence-corrected chi connectivity index (χ1v) is 9.90. The van der Waals surface area contributed by atoms with Crippen molar-refractivity contribution in [3.8, 4) is 17.0 Å². The number of pyridine rings is 1. The number of aliphatic carboxylic acids is 1. The largest absolute Gasteiger partial charge is 0.481 e. The maximum Gasteiger partial charge on any atom is 0.407 e. The molecular weight excluding hydrogens is 396 g/mol. The van der Waals surface area contributed by atoms with Crippen molar-refractivity contribution in [3.05, 3.63) is 83.6 Å². The van der Waals surface area contributed by atoms with Crippen LogP contribution in [-0.2, 0) is 16.0 Å². The number of hydrogen-bond acceptors (Lipinski definition) is 5. The Kier molecular flexibility index (Phi) is 5.84. The highest BCUT2D eigenvalue weighted by atomic mass is 16.5. The fraction of sp³-hybridized carbons (Fsp3) is 0.208. The van der Waals surface area contributed by atoms with Gasteiger partial charge < -0.3 is 19.9 Å². The number of carboxylic acids is 1. The van der Waals surface area contributed by atoms with Crippen LogP contribution in [0, 0.1) is 0 Å². The second-order valence-electron chi connectivity index (χ2n) is 7.27. The second-order valence-corrected chi connectivity index (χ2v) is 7.27. The van der Waals surface area contributed by atoms with Gasteiger partial charge in [-0.25, -0.2) is 14.6 Å². The molecule has 1 amide bonds. The molecule has 0 aliphatic heterocycles. The molecule has 7 heteroatoms. The lowest BCUT2D eigenvalue weighted by molar-refractivity contribution is -0.139. The van der Waals surface area contributed by atoms with Crippen molar-refractivity contribution in [2.75, 3.05) is 13.7 Å². The fourth-order valence-corrected chi connectivity index (χ4v) is 3.87. The minimum atomic E-state index is -1.15. The summed E-state index contributed by atoms with van der Waals surface area (Å²) >= 11 is 0. The summed E-state index contributed by atoms with van der Waals surface area (Å²) < 4.78 is 10.4. The summed E-state index contributed by atoms with van der Waals surface area (Å²) in [7, 11) is 1.50. The number of ether oxygens (including phenoxy) is 2. The van der Waals surface area contributed by atoms with Gasteiger partial charge in [0.1, 0.15) is 12.6 Å². The van der Waals surface area contributed by atoms with E-state index < -0.39 is 18.1 Å². The van der Waals surface area contributed by atoms with Crippen LogP contribution in [0.15, 0.2) is 66.9 Å². The summed E-state index contributed by atoms with van der Waals surface area (Å²) in [5.41, 5.74) is 5.10. The lowest BCUT2D eigenvalue weighted by Crippen LogP contribution is -2.42. The molecule has 2 aromatic carbocycles. The Morgan fingerprint density at radius 2 is 1.68 bits per heavy atom. The van der Waals surface area contributed by atoms with Crippen molar-refractivity contribution in [2.24, 2.45) is 0 Å². The van der Waals surface area contributed by atoms with Gasteiger partial charge in [0.05, 0.1) is 7.11 Å². The zero-order valence-electron chi connectivity index (χ0n) is 16.9. The van der Waals surface area contributed by atoms with E-state index in [0.29, 0.717) is 11.4 Å². The number of aromatic nitrogens is 1. The van der Waals surface area contributed by atoms with Crippen molar-refractivity contribution in [1.82, 2.24) is 10.3 Å². The minimum absolute atomic E-state index is 0.0799. The van der Waals surface area contributed by atoms with Gasteiger partial charge in [-0.15, -0.1) is 0 Å². The van der Waals surface area contributed by atoms with Crippen LogP contribution in [0.2, 0.25) is 0 Å². The van der Waals surface area contributed by atoms with Crippen molar-refractivity contribution in [2.45, 2.75) is 18.4 Å². The number of nitrogens with zero attached hydrogens (tertiary/aromatic N) is 1. The van der Waals surface area contributed by atoms with Crippen LogP contribution in [-0.4, -0.2) is 41.9 Å². The van der Waals surface area contributed by atoms with Crippen LogP contribution in [0.25, 0.3) is 11.1 Å². The predicted octanol–water partition coefficient (Wildman–Crippen LogP) is 3.62. The first-order valence-electron chi connectivity index (χ1n) is 9.90. The lowest BCUT2D eigenvalue weighted by atomic mass is 9.98. The molecule has 1 aromatic heterocycles. The number of rotatable bonds is 7. The van der Waals surface area contributed by atoms with E-state index in [1.807, 2.05) is 36.4 Å². The number of amides is 1. The van der Waals surface area contributed by atoms with Crippen LogP contribution in [0.3, 0.4) is 0 Å². The van der Waals surface area contributed by atoms with E-state index in [2.05, 4.69) is 22.4 Å². The van der Waals surface area contributed by atoms with Crippen molar-refractivity contribution in [3.63, 3.8) is 0 Å². The molecule has 3 aromatic rings. The van der Waals surface area contributed by atoms with E-state index in [-0.39, 0.29) is 18.9 Å². The molecule has 0 fully saturated rings. The van der Waals surface area contributed by atoms with Crippen molar-refractivity contribution >= 4 is 12.1 Å². The molecule has 0 unspecified atom stereocenters. The summed E-state index contributed by atoms with van der Waals surface area (Å²) in [5.74, 6) is -0.809. The number of carboxylic acid groups (broad SMARTS) is 1. The Morgan fingerprint density at radius 1 is 1.03 bits per heavy atom. The van der Waals surface area contributed by atoms with Gasteiger partial charge in [-0.2, -0.15) is 0 Å². The number of carbonyl (C=O) groups excluding carboxylic acids is 1. The summed E-state index contributed by atoms with van der Waals surface area (Å²) in [6.45, 7) is 0.121. The molecule has 0 saturated carbocycles. The van der Waals surface area contributed by atoms with Gasteiger partial charge in [0.25, 0.3) is 0 Å². The summed E-state index contributed by atoms with van der Waals surface area (Å²) in [4.78, 5) is 28.1. The van der Waals surface area contributed by atoms with Gasteiger partial charge in [0, 0.05) is 24.6 Å². The summed E-state index contributed by atoms with van der Waals surface area (Å²) in [6, 6.07) is 18.3. The van der Waals surface area contributed by atoms with Crippen molar-refractivity contribution in [1.29, 1.82) is 0 Å². The average Bonchev–Trinajstić information content (AvgIpc) is 3.11. The molecule has 31 heavy (non-hydrogen) atoms. The first kappa shape index (κ1) is 20.4. The van der Waals surface area contributed by atoms with Gasteiger partial charge >= 0.3 is 12.1 Å². The number of nitrogens with one attached hydrogen (secondary N) is 1.